The molecule has 0 saturated carbocycles. The fourth-order valence-corrected chi connectivity index (χ4v) is 5.67. The summed E-state index contributed by atoms with van der Waals surface area (Å²) in [6.07, 6.45) is 0.871. The zero-order valence-corrected chi connectivity index (χ0v) is 22.5. The maximum atomic E-state index is 13.4. The van der Waals surface area contributed by atoms with Crippen LogP contribution in [0.2, 0.25) is 0 Å². The number of ketones is 1. The van der Waals surface area contributed by atoms with Gasteiger partial charge in [0.1, 0.15) is 17.3 Å². The minimum absolute atomic E-state index is 0.00200. The first-order valence-corrected chi connectivity index (χ1v) is 13.3. The first kappa shape index (κ1) is 25.0. The highest BCUT2D eigenvalue weighted by Crippen LogP contribution is 2.45. The smallest absolute Gasteiger partial charge is 0.301 e. The number of aliphatic hydroxyl groups excluding tert-OH is 1. The third kappa shape index (κ3) is 4.72. The number of carbonyl (C=O) groups excluding carboxylic acids is 2. The van der Waals surface area contributed by atoms with Crippen LogP contribution in [0, 0.1) is 0 Å². The van der Waals surface area contributed by atoms with Gasteiger partial charge in [-0.2, -0.15) is 0 Å². The summed E-state index contributed by atoms with van der Waals surface area (Å²) in [4.78, 5) is 32.9. The SMILES string of the molecule is CCCOc1ccc(C(O)=C2C(=O)C(=O)N(c3nc4ccc(OC)cc4s3)C2c2cccc(Br)c2)cc1. The Morgan fingerprint density at radius 2 is 1.84 bits per heavy atom. The maximum Gasteiger partial charge on any atom is 0.301 e. The molecule has 4 aromatic rings. The third-order valence-corrected chi connectivity index (χ3v) is 7.51. The van der Waals surface area contributed by atoms with Crippen molar-refractivity contribution in [2.45, 2.75) is 19.4 Å². The summed E-state index contributed by atoms with van der Waals surface area (Å²) < 4.78 is 12.5. The average molecular weight is 579 g/mol. The van der Waals surface area contributed by atoms with Crippen LogP contribution < -0.4 is 14.4 Å². The number of Topliss-reactive ketones (excluding diaryl/α,β-unsaturated/α-hetero) is 1. The molecular formula is C28H23BrN2O5S. The van der Waals surface area contributed by atoms with Crippen molar-refractivity contribution in [2.24, 2.45) is 0 Å². The minimum atomic E-state index is -0.865. The summed E-state index contributed by atoms with van der Waals surface area (Å²) >= 11 is 4.76. The summed E-state index contributed by atoms with van der Waals surface area (Å²) in [6, 6.07) is 18.7. The Labute approximate surface area is 226 Å². The summed E-state index contributed by atoms with van der Waals surface area (Å²) in [5.74, 6) is -0.450. The number of hydrogen-bond acceptors (Lipinski definition) is 7. The van der Waals surface area contributed by atoms with Crippen LogP contribution in [0.3, 0.4) is 0 Å². The third-order valence-electron chi connectivity index (χ3n) is 6.00. The van der Waals surface area contributed by atoms with Crippen LogP contribution in [-0.4, -0.2) is 35.5 Å². The highest BCUT2D eigenvalue weighted by Gasteiger charge is 2.48. The van der Waals surface area contributed by atoms with Crippen molar-refractivity contribution < 1.29 is 24.2 Å². The van der Waals surface area contributed by atoms with Gasteiger partial charge in [-0.05, 0) is 66.6 Å². The van der Waals surface area contributed by atoms with Gasteiger partial charge in [0.25, 0.3) is 5.78 Å². The number of methoxy groups -OCH3 is 1. The van der Waals surface area contributed by atoms with E-state index in [1.165, 1.54) is 16.2 Å². The molecule has 188 valence electrons. The van der Waals surface area contributed by atoms with E-state index in [9.17, 15) is 14.7 Å². The summed E-state index contributed by atoms with van der Waals surface area (Å²) in [7, 11) is 1.58. The lowest BCUT2D eigenvalue weighted by molar-refractivity contribution is -0.132. The number of halogens is 1. The monoisotopic (exact) mass is 578 g/mol. The normalized spacial score (nSPS) is 16.9. The highest BCUT2D eigenvalue weighted by molar-refractivity contribution is 9.10. The molecule has 1 aliphatic rings. The molecule has 7 nitrogen and oxygen atoms in total. The molecule has 1 amide bonds. The van der Waals surface area contributed by atoms with Crippen LogP contribution in [-0.2, 0) is 9.59 Å². The average Bonchev–Trinajstić information content (AvgIpc) is 3.44. The molecule has 5 rings (SSSR count). The van der Waals surface area contributed by atoms with E-state index in [4.69, 9.17) is 9.47 Å². The Hall–Kier alpha value is -3.69. The Kier molecular flexibility index (Phi) is 6.99. The Balaban J connectivity index is 1.65. The molecule has 0 bridgehead atoms. The molecule has 1 N–H and O–H groups in total. The lowest BCUT2D eigenvalue weighted by Gasteiger charge is -2.23. The number of thiazole rings is 1. The van der Waals surface area contributed by atoms with Gasteiger partial charge in [0.05, 0.1) is 35.5 Å². The lowest BCUT2D eigenvalue weighted by Crippen LogP contribution is -2.29. The van der Waals surface area contributed by atoms with Crippen molar-refractivity contribution >= 4 is 60.1 Å². The second-order valence-corrected chi connectivity index (χ2v) is 10.4. The Morgan fingerprint density at radius 1 is 1.08 bits per heavy atom. The van der Waals surface area contributed by atoms with Gasteiger partial charge < -0.3 is 14.6 Å². The summed E-state index contributed by atoms with van der Waals surface area (Å²) in [6.45, 7) is 2.59. The number of rotatable bonds is 7. The van der Waals surface area contributed by atoms with Gasteiger partial charge in [-0.1, -0.05) is 46.3 Å². The molecule has 1 fully saturated rings. The van der Waals surface area contributed by atoms with E-state index in [0.717, 1.165) is 15.6 Å². The predicted octanol–water partition coefficient (Wildman–Crippen LogP) is 6.48. The van der Waals surface area contributed by atoms with Gasteiger partial charge in [-0.25, -0.2) is 4.98 Å². The number of anilines is 1. The molecule has 3 aromatic carbocycles. The van der Waals surface area contributed by atoms with Crippen LogP contribution in [0.5, 0.6) is 11.5 Å². The number of ether oxygens (including phenoxy) is 2. The fourth-order valence-electron chi connectivity index (χ4n) is 4.23. The van der Waals surface area contributed by atoms with Gasteiger partial charge in [-0.15, -0.1) is 0 Å². The van der Waals surface area contributed by atoms with Crippen LogP contribution in [0.15, 0.2) is 76.8 Å². The highest BCUT2D eigenvalue weighted by atomic mass is 79.9. The van der Waals surface area contributed by atoms with Crippen molar-refractivity contribution in [1.82, 2.24) is 4.98 Å². The number of aromatic nitrogens is 1. The molecule has 0 aliphatic carbocycles. The quantitative estimate of drug-likeness (QED) is 0.153. The van der Waals surface area contributed by atoms with Crippen LogP contribution in [0.1, 0.15) is 30.5 Å². The first-order chi connectivity index (χ1) is 17.9. The molecule has 1 aromatic heterocycles. The van der Waals surface area contributed by atoms with Gasteiger partial charge in [0, 0.05) is 10.0 Å². The van der Waals surface area contributed by atoms with Crippen LogP contribution in [0.25, 0.3) is 16.0 Å². The van der Waals surface area contributed by atoms with Crippen molar-refractivity contribution in [3.8, 4) is 11.5 Å². The molecule has 0 radical (unpaired) electrons. The van der Waals surface area contributed by atoms with E-state index in [1.54, 1.807) is 43.5 Å². The number of carbonyl (C=O) groups is 2. The zero-order valence-electron chi connectivity index (χ0n) is 20.1. The molecular weight excluding hydrogens is 556 g/mol. The summed E-state index contributed by atoms with van der Waals surface area (Å²) in [5.41, 5.74) is 1.76. The molecule has 1 aliphatic heterocycles. The Bertz CT molecular complexity index is 1530. The van der Waals surface area contributed by atoms with Crippen molar-refractivity contribution in [1.29, 1.82) is 0 Å². The second kappa shape index (κ2) is 10.4. The van der Waals surface area contributed by atoms with Crippen LogP contribution in [0.4, 0.5) is 5.13 Å². The zero-order chi connectivity index (χ0) is 26.1. The predicted molar refractivity (Wildman–Crippen MR) is 147 cm³/mol. The van der Waals surface area contributed by atoms with Crippen molar-refractivity contribution in [3.63, 3.8) is 0 Å². The molecule has 37 heavy (non-hydrogen) atoms. The number of benzene rings is 3. The van der Waals surface area contributed by atoms with Crippen molar-refractivity contribution in [2.75, 3.05) is 18.6 Å². The molecule has 9 heteroatoms. The van der Waals surface area contributed by atoms with Gasteiger partial charge in [0.15, 0.2) is 5.13 Å². The van der Waals surface area contributed by atoms with E-state index in [1.807, 2.05) is 37.3 Å². The van der Waals surface area contributed by atoms with E-state index < -0.39 is 17.7 Å². The molecule has 1 saturated heterocycles. The number of fused-ring (bicyclic) bond motifs is 1. The Morgan fingerprint density at radius 3 is 2.54 bits per heavy atom. The molecule has 0 spiro atoms. The van der Waals surface area contributed by atoms with E-state index in [-0.39, 0.29) is 11.3 Å². The lowest BCUT2D eigenvalue weighted by atomic mass is 9.95. The minimum Gasteiger partial charge on any atom is -0.507 e. The molecule has 1 atom stereocenters. The maximum absolute atomic E-state index is 13.4. The van der Waals surface area contributed by atoms with Gasteiger partial charge >= 0.3 is 5.91 Å². The summed E-state index contributed by atoms with van der Waals surface area (Å²) in [5, 5.41) is 11.7. The number of aliphatic hydroxyl groups is 1. The fraction of sp³-hybridized carbons (Fsp3) is 0.179. The standard InChI is InChI=1S/C28H23BrN2O5S/c1-3-13-36-19-9-7-16(8-10-19)25(32)23-24(17-5-4-6-18(29)14-17)31(27(34)26(23)33)28-30-21-12-11-20(35-2)15-22(21)37-28/h4-12,14-15,24,32H,3,13H2,1-2H3. The van der Waals surface area contributed by atoms with E-state index >= 15 is 0 Å². The number of hydrogen-bond donors (Lipinski definition) is 1. The first-order valence-electron chi connectivity index (χ1n) is 11.7. The van der Waals surface area contributed by atoms with E-state index in [2.05, 4.69) is 20.9 Å². The second-order valence-electron chi connectivity index (χ2n) is 8.43. The van der Waals surface area contributed by atoms with E-state index in [0.29, 0.717) is 39.9 Å². The number of amides is 1. The number of nitrogens with zero attached hydrogens (tertiary/aromatic N) is 2. The molecule has 2 heterocycles. The topological polar surface area (TPSA) is 89.0 Å². The van der Waals surface area contributed by atoms with Crippen LogP contribution >= 0.6 is 27.3 Å². The van der Waals surface area contributed by atoms with Gasteiger partial charge in [0.2, 0.25) is 0 Å². The molecule has 1 unspecified atom stereocenters. The van der Waals surface area contributed by atoms with Gasteiger partial charge in [-0.3, -0.25) is 14.5 Å². The van der Waals surface area contributed by atoms with Crippen molar-refractivity contribution in [3.05, 3.63) is 87.9 Å². The largest absolute Gasteiger partial charge is 0.507 e.